The number of amides is 1. The van der Waals surface area contributed by atoms with E-state index in [1.807, 2.05) is 0 Å². The van der Waals surface area contributed by atoms with E-state index < -0.39 is 0 Å². The Labute approximate surface area is 84.2 Å². The number of carbonyl (C=O) groups is 1. The van der Waals surface area contributed by atoms with E-state index >= 15 is 0 Å². The van der Waals surface area contributed by atoms with Crippen molar-refractivity contribution in [1.82, 2.24) is 5.32 Å². The van der Waals surface area contributed by atoms with Crippen LogP contribution < -0.4 is 11.1 Å². The molecule has 2 fully saturated rings. The Hall–Kier alpha value is -0.770. The van der Waals surface area contributed by atoms with Gasteiger partial charge in [-0.2, -0.15) is 0 Å². The van der Waals surface area contributed by atoms with Crippen molar-refractivity contribution in [2.45, 2.75) is 56.7 Å². The number of ether oxygens (including phenoxy) is 1. The Morgan fingerprint density at radius 2 is 1.93 bits per heavy atom. The van der Waals surface area contributed by atoms with Crippen molar-refractivity contribution in [1.29, 1.82) is 0 Å². The predicted molar refractivity (Wildman–Crippen MR) is 52.9 cm³/mol. The Kier molecular flexibility index (Phi) is 2.91. The molecule has 4 nitrogen and oxygen atoms in total. The second-order valence-electron chi connectivity index (χ2n) is 4.31. The highest BCUT2D eigenvalue weighted by molar-refractivity contribution is 5.68. The van der Waals surface area contributed by atoms with Gasteiger partial charge in [0.1, 0.15) is 6.10 Å². The molecule has 0 saturated heterocycles. The molecule has 0 aromatic carbocycles. The number of carbonyl (C=O) groups excluding carboxylic acids is 1. The average molecular weight is 198 g/mol. The summed E-state index contributed by atoms with van der Waals surface area (Å²) in [7, 11) is 0. The van der Waals surface area contributed by atoms with Crippen molar-refractivity contribution < 1.29 is 9.53 Å². The van der Waals surface area contributed by atoms with Crippen LogP contribution in [0, 0.1) is 0 Å². The maximum atomic E-state index is 11.4. The smallest absolute Gasteiger partial charge is 0.407 e. The summed E-state index contributed by atoms with van der Waals surface area (Å²) in [5.74, 6) is 0. The molecule has 2 saturated carbocycles. The molecular formula is C10H18N2O2. The summed E-state index contributed by atoms with van der Waals surface area (Å²) >= 11 is 0. The van der Waals surface area contributed by atoms with E-state index in [-0.39, 0.29) is 18.2 Å². The molecule has 0 aromatic rings. The van der Waals surface area contributed by atoms with Gasteiger partial charge in [-0.25, -0.2) is 4.79 Å². The lowest BCUT2D eigenvalue weighted by molar-refractivity contribution is 0.0862. The summed E-state index contributed by atoms with van der Waals surface area (Å²) in [5, 5.41) is 2.85. The summed E-state index contributed by atoms with van der Waals surface area (Å²) in [6.07, 6.45) is 6.02. The van der Waals surface area contributed by atoms with Crippen LogP contribution >= 0.6 is 0 Å². The van der Waals surface area contributed by atoms with E-state index in [4.69, 9.17) is 10.5 Å². The van der Waals surface area contributed by atoms with E-state index in [2.05, 4.69) is 5.32 Å². The van der Waals surface area contributed by atoms with Gasteiger partial charge in [-0.1, -0.05) is 0 Å². The summed E-state index contributed by atoms with van der Waals surface area (Å²) in [6, 6.07) is 0.391. The molecule has 0 aromatic heterocycles. The van der Waals surface area contributed by atoms with Gasteiger partial charge < -0.3 is 15.8 Å². The van der Waals surface area contributed by atoms with Crippen molar-refractivity contribution in [3.63, 3.8) is 0 Å². The summed E-state index contributed by atoms with van der Waals surface area (Å²) in [5.41, 5.74) is 5.80. The number of nitrogens with one attached hydrogen (secondary N) is 1. The Bertz CT molecular complexity index is 216. The van der Waals surface area contributed by atoms with Gasteiger partial charge in [-0.3, -0.25) is 0 Å². The first-order valence-corrected chi connectivity index (χ1v) is 5.48. The molecule has 2 unspecified atom stereocenters. The van der Waals surface area contributed by atoms with Gasteiger partial charge in [0.25, 0.3) is 0 Å². The molecule has 0 spiro atoms. The third-order valence-corrected chi connectivity index (χ3v) is 3.19. The molecule has 80 valence electrons. The molecule has 1 amide bonds. The molecule has 2 rings (SSSR count). The maximum absolute atomic E-state index is 11.4. The number of rotatable bonds is 2. The minimum atomic E-state index is -0.281. The molecule has 0 bridgehead atoms. The highest BCUT2D eigenvalue weighted by Crippen LogP contribution is 2.21. The number of hydrogen-bond acceptors (Lipinski definition) is 3. The molecule has 0 heterocycles. The van der Waals surface area contributed by atoms with Gasteiger partial charge in [-0.05, 0) is 38.5 Å². The fourth-order valence-corrected chi connectivity index (χ4v) is 1.99. The standard InChI is InChI=1S/C10H18N2O2/c11-8-5-2-6-9(8)14-10(13)12-7-3-1-4-7/h7-9H,1-6,11H2,(H,12,13). The van der Waals surface area contributed by atoms with Gasteiger partial charge in [0.05, 0.1) is 0 Å². The van der Waals surface area contributed by atoms with Crippen LogP contribution in [0.1, 0.15) is 38.5 Å². The molecular weight excluding hydrogens is 180 g/mol. The average Bonchev–Trinajstić information content (AvgIpc) is 2.45. The van der Waals surface area contributed by atoms with Crippen molar-refractivity contribution in [2.24, 2.45) is 5.73 Å². The van der Waals surface area contributed by atoms with E-state index in [1.54, 1.807) is 0 Å². The van der Waals surface area contributed by atoms with Crippen LogP contribution in [0.4, 0.5) is 4.79 Å². The molecule has 4 heteroatoms. The zero-order chi connectivity index (χ0) is 9.97. The van der Waals surface area contributed by atoms with Crippen LogP contribution in [0.15, 0.2) is 0 Å². The van der Waals surface area contributed by atoms with Crippen molar-refractivity contribution >= 4 is 6.09 Å². The van der Waals surface area contributed by atoms with Crippen molar-refractivity contribution in [2.75, 3.05) is 0 Å². The largest absolute Gasteiger partial charge is 0.445 e. The second-order valence-corrected chi connectivity index (χ2v) is 4.31. The molecule has 2 aliphatic rings. The summed E-state index contributed by atoms with van der Waals surface area (Å²) in [6.45, 7) is 0. The highest BCUT2D eigenvalue weighted by atomic mass is 16.6. The first kappa shape index (κ1) is 9.77. The lowest BCUT2D eigenvalue weighted by Gasteiger charge is -2.27. The van der Waals surface area contributed by atoms with E-state index in [9.17, 15) is 4.79 Å². The molecule has 2 aliphatic carbocycles. The molecule has 14 heavy (non-hydrogen) atoms. The van der Waals surface area contributed by atoms with Gasteiger partial charge in [0.15, 0.2) is 0 Å². The van der Waals surface area contributed by atoms with Gasteiger partial charge in [-0.15, -0.1) is 0 Å². The Balaban J connectivity index is 1.70. The summed E-state index contributed by atoms with van der Waals surface area (Å²) in [4.78, 5) is 11.4. The minimum absolute atomic E-state index is 0.0436. The lowest BCUT2D eigenvalue weighted by Crippen LogP contribution is -2.43. The van der Waals surface area contributed by atoms with Crippen LogP contribution in [0.2, 0.25) is 0 Å². The monoisotopic (exact) mass is 198 g/mol. The first-order chi connectivity index (χ1) is 6.75. The third kappa shape index (κ3) is 2.18. The third-order valence-electron chi connectivity index (χ3n) is 3.19. The highest BCUT2D eigenvalue weighted by Gasteiger charge is 2.28. The number of nitrogens with two attached hydrogens (primary N) is 1. The van der Waals surface area contributed by atoms with Crippen LogP contribution in [0.25, 0.3) is 0 Å². The van der Waals surface area contributed by atoms with E-state index in [0.717, 1.165) is 32.1 Å². The Morgan fingerprint density at radius 3 is 2.43 bits per heavy atom. The first-order valence-electron chi connectivity index (χ1n) is 5.48. The van der Waals surface area contributed by atoms with Gasteiger partial charge in [0, 0.05) is 12.1 Å². The van der Waals surface area contributed by atoms with Crippen LogP contribution in [-0.2, 0) is 4.74 Å². The second kappa shape index (κ2) is 4.17. The lowest BCUT2D eigenvalue weighted by atomic mass is 9.93. The van der Waals surface area contributed by atoms with Crippen LogP contribution in [0.3, 0.4) is 0 Å². The maximum Gasteiger partial charge on any atom is 0.407 e. The van der Waals surface area contributed by atoms with Gasteiger partial charge >= 0.3 is 6.09 Å². The molecule has 3 N–H and O–H groups in total. The van der Waals surface area contributed by atoms with Gasteiger partial charge in [0.2, 0.25) is 0 Å². The van der Waals surface area contributed by atoms with Crippen molar-refractivity contribution in [3.05, 3.63) is 0 Å². The topological polar surface area (TPSA) is 64.3 Å². The van der Waals surface area contributed by atoms with Crippen molar-refractivity contribution in [3.8, 4) is 0 Å². The SMILES string of the molecule is NC1CCCC1OC(=O)NC1CCC1. The van der Waals surface area contributed by atoms with Crippen LogP contribution in [-0.4, -0.2) is 24.3 Å². The number of alkyl carbamates (subject to hydrolysis) is 1. The summed E-state index contributed by atoms with van der Waals surface area (Å²) < 4.78 is 5.25. The van der Waals surface area contributed by atoms with E-state index in [0.29, 0.717) is 6.04 Å². The zero-order valence-corrected chi connectivity index (χ0v) is 8.37. The zero-order valence-electron chi connectivity index (χ0n) is 8.37. The number of hydrogen-bond donors (Lipinski definition) is 2. The molecule has 0 aliphatic heterocycles. The Morgan fingerprint density at radius 1 is 1.21 bits per heavy atom. The fraction of sp³-hybridized carbons (Fsp3) is 0.900. The minimum Gasteiger partial charge on any atom is -0.445 e. The quantitative estimate of drug-likeness (QED) is 0.699. The molecule has 2 atom stereocenters. The molecule has 0 radical (unpaired) electrons. The normalized spacial score (nSPS) is 32.4. The van der Waals surface area contributed by atoms with Crippen LogP contribution in [0.5, 0.6) is 0 Å². The van der Waals surface area contributed by atoms with E-state index in [1.165, 1.54) is 6.42 Å². The fourth-order valence-electron chi connectivity index (χ4n) is 1.99. The predicted octanol–water partition coefficient (Wildman–Crippen LogP) is 1.14.